The van der Waals surface area contributed by atoms with Crippen molar-refractivity contribution < 1.29 is 14.4 Å². The van der Waals surface area contributed by atoms with Gasteiger partial charge in [-0.3, -0.25) is 19.4 Å². The molecule has 38 heavy (non-hydrogen) atoms. The molecule has 0 spiro atoms. The van der Waals surface area contributed by atoms with Crippen LogP contribution in [0.15, 0.2) is 53.8 Å². The van der Waals surface area contributed by atoms with Crippen LogP contribution < -0.4 is 20.9 Å². The molecular formula is C28H32N6O3S. The molecule has 198 valence electrons. The molecule has 1 aliphatic heterocycles. The third-order valence-corrected chi connectivity index (χ3v) is 8.15. The summed E-state index contributed by atoms with van der Waals surface area (Å²) in [4.78, 5) is 48.2. The van der Waals surface area contributed by atoms with Crippen molar-refractivity contribution in [1.82, 2.24) is 20.6 Å². The molecule has 1 saturated carbocycles. The number of fused-ring (bicyclic) bond motifs is 1. The molecule has 0 saturated heterocycles. The molecule has 10 heteroatoms. The molecule has 1 aliphatic carbocycles. The number of benzene rings is 1. The van der Waals surface area contributed by atoms with Gasteiger partial charge in [-0.05, 0) is 55.7 Å². The number of nitrogens with zero attached hydrogens (tertiary/aromatic N) is 2. The van der Waals surface area contributed by atoms with Crippen LogP contribution in [-0.2, 0) is 9.59 Å². The van der Waals surface area contributed by atoms with E-state index in [-0.39, 0.29) is 29.0 Å². The highest BCUT2D eigenvalue weighted by molar-refractivity contribution is 8.02. The number of hydrogen-bond acceptors (Lipinski definition) is 6. The highest BCUT2D eigenvalue weighted by Crippen LogP contribution is 2.35. The van der Waals surface area contributed by atoms with E-state index in [0.717, 1.165) is 36.9 Å². The summed E-state index contributed by atoms with van der Waals surface area (Å²) in [6.07, 6.45) is 8.65. The summed E-state index contributed by atoms with van der Waals surface area (Å²) in [5.41, 5.74) is 3.19. The van der Waals surface area contributed by atoms with Crippen LogP contribution in [0.25, 0.3) is 10.9 Å². The standard InChI is InChI=1S/C28H32N6O3S/c1-3-30-26(36)23-20-10-9-19(34(2)28(37)18-7-5-4-6-8-18)15-21(20)31-24(23)33-25(35)22-16-38-27(32-22)17-11-13-29-14-12-17/h9-16,18,27,31-32H,3-8H2,1-2H3,(H,30,36)(H,33,35). The number of anilines is 2. The van der Waals surface area contributed by atoms with Gasteiger partial charge in [0.2, 0.25) is 5.91 Å². The van der Waals surface area contributed by atoms with Gasteiger partial charge in [0, 0.05) is 53.9 Å². The number of aromatic amines is 1. The Labute approximate surface area is 225 Å². The van der Waals surface area contributed by atoms with E-state index in [2.05, 4.69) is 25.9 Å². The van der Waals surface area contributed by atoms with E-state index in [0.29, 0.717) is 34.5 Å². The van der Waals surface area contributed by atoms with Gasteiger partial charge in [-0.25, -0.2) is 0 Å². The zero-order valence-electron chi connectivity index (χ0n) is 21.5. The number of hydrogen-bond donors (Lipinski definition) is 4. The van der Waals surface area contributed by atoms with E-state index in [1.807, 2.05) is 37.3 Å². The lowest BCUT2D eigenvalue weighted by Crippen LogP contribution is -2.33. The largest absolute Gasteiger partial charge is 0.364 e. The van der Waals surface area contributed by atoms with Crippen molar-refractivity contribution in [2.24, 2.45) is 5.92 Å². The third kappa shape index (κ3) is 5.26. The molecular weight excluding hydrogens is 500 g/mol. The summed E-state index contributed by atoms with van der Waals surface area (Å²) in [6, 6.07) is 9.34. The van der Waals surface area contributed by atoms with E-state index in [1.54, 1.807) is 29.7 Å². The number of rotatable bonds is 7. The maximum Gasteiger partial charge on any atom is 0.273 e. The lowest BCUT2D eigenvalue weighted by Gasteiger charge is -2.26. The quantitative estimate of drug-likeness (QED) is 0.351. The maximum atomic E-state index is 13.2. The SMILES string of the molecule is CCNC(=O)c1c(NC(=O)C2=CSC(c3ccncc3)N2)[nH]c2cc(N(C)C(=O)C3CCCCC3)ccc12. The molecule has 0 bridgehead atoms. The van der Waals surface area contributed by atoms with Crippen LogP contribution in [0.2, 0.25) is 0 Å². The molecule has 3 amide bonds. The zero-order valence-corrected chi connectivity index (χ0v) is 22.4. The van der Waals surface area contributed by atoms with E-state index >= 15 is 0 Å². The topological polar surface area (TPSA) is 119 Å². The van der Waals surface area contributed by atoms with Crippen molar-refractivity contribution in [2.75, 3.05) is 23.8 Å². The molecule has 1 unspecified atom stereocenters. The summed E-state index contributed by atoms with van der Waals surface area (Å²) in [5.74, 6) is -0.153. The molecule has 4 N–H and O–H groups in total. The van der Waals surface area contributed by atoms with Crippen molar-refractivity contribution in [1.29, 1.82) is 0 Å². The zero-order chi connectivity index (χ0) is 26.6. The predicted molar refractivity (Wildman–Crippen MR) is 151 cm³/mol. The van der Waals surface area contributed by atoms with Crippen LogP contribution >= 0.6 is 11.8 Å². The van der Waals surface area contributed by atoms with Gasteiger partial charge in [0.25, 0.3) is 11.8 Å². The fraction of sp³-hybridized carbons (Fsp3) is 0.357. The normalized spacial score (nSPS) is 17.5. The highest BCUT2D eigenvalue weighted by atomic mass is 32.2. The molecule has 9 nitrogen and oxygen atoms in total. The van der Waals surface area contributed by atoms with Gasteiger partial charge in [-0.2, -0.15) is 0 Å². The maximum absolute atomic E-state index is 13.2. The average molecular weight is 533 g/mol. The molecule has 5 rings (SSSR count). The molecule has 0 radical (unpaired) electrons. The number of nitrogens with one attached hydrogen (secondary N) is 4. The summed E-state index contributed by atoms with van der Waals surface area (Å²) in [7, 11) is 1.80. The summed E-state index contributed by atoms with van der Waals surface area (Å²) in [5, 5.41) is 11.3. The summed E-state index contributed by atoms with van der Waals surface area (Å²) in [6.45, 7) is 2.30. The van der Waals surface area contributed by atoms with E-state index in [1.165, 1.54) is 18.2 Å². The first-order valence-electron chi connectivity index (χ1n) is 13.0. The second kappa shape index (κ2) is 11.3. The van der Waals surface area contributed by atoms with Crippen molar-refractivity contribution in [3.05, 3.63) is 65.0 Å². The Balaban J connectivity index is 1.39. The molecule has 2 aromatic heterocycles. The number of thioether (sulfide) groups is 1. The molecule has 3 heterocycles. The monoisotopic (exact) mass is 532 g/mol. The van der Waals surface area contributed by atoms with Crippen molar-refractivity contribution in [2.45, 2.75) is 44.4 Å². The lowest BCUT2D eigenvalue weighted by molar-refractivity contribution is -0.123. The molecule has 1 atom stereocenters. The Bertz CT molecular complexity index is 1380. The first kappa shape index (κ1) is 25.8. The highest BCUT2D eigenvalue weighted by Gasteiger charge is 2.28. The minimum absolute atomic E-state index is 0.0508. The van der Waals surface area contributed by atoms with Gasteiger partial charge in [-0.15, -0.1) is 11.8 Å². The van der Waals surface area contributed by atoms with E-state index in [9.17, 15) is 14.4 Å². The minimum Gasteiger partial charge on any atom is -0.364 e. The number of carbonyl (C=O) groups is 3. The fourth-order valence-corrected chi connectivity index (χ4v) is 6.03. The number of aromatic nitrogens is 2. The van der Waals surface area contributed by atoms with Crippen LogP contribution in [0.3, 0.4) is 0 Å². The third-order valence-electron chi connectivity index (χ3n) is 7.12. The second-order valence-corrected chi connectivity index (χ2v) is 10.6. The van der Waals surface area contributed by atoms with Gasteiger partial charge in [0.05, 0.1) is 5.56 Å². The first-order chi connectivity index (χ1) is 18.5. The Hall–Kier alpha value is -3.79. The molecule has 1 fully saturated rings. The second-order valence-electron chi connectivity index (χ2n) is 9.62. The summed E-state index contributed by atoms with van der Waals surface area (Å²) < 4.78 is 0. The Kier molecular flexibility index (Phi) is 7.69. The number of H-pyrrole nitrogens is 1. The van der Waals surface area contributed by atoms with E-state index in [4.69, 9.17) is 0 Å². The number of amides is 3. The minimum atomic E-state index is -0.351. The lowest BCUT2D eigenvalue weighted by atomic mass is 9.88. The Morgan fingerprint density at radius 2 is 1.84 bits per heavy atom. The number of pyridine rings is 1. The van der Waals surface area contributed by atoms with Gasteiger partial charge in [-0.1, -0.05) is 19.3 Å². The molecule has 3 aromatic rings. The van der Waals surface area contributed by atoms with Crippen LogP contribution in [-0.4, -0.2) is 41.3 Å². The van der Waals surface area contributed by atoms with Crippen LogP contribution in [0.4, 0.5) is 11.5 Å². The van der Waals surface area contributed by atoms with Gasteiger partial charge in [0.15, 0.2) is 0 Å². The van der Waals surface area contributed by atoms with Crippen molar-refractivity contribution in [3.8, 4) is 0 Å². The van der Waals surface area contributed by atoms with Crippen LogP contribution in [0.1, 0.15) is 60.3 Å². The van der Waals surface area contributed by atoms with Gasteiger partial charge >= 0.3 is 0 Å². The molecule has 2 aliphatic rings. The van der Waals surface area contributed by atoms with Crippen molar-refractivity contribution in [3.63, 3.8) is 0 Å². The van der Waals surface area contributed by atoms with Gasteiger partial charge in [0.1, 0.15) is 16.9 Å². The number of carbonyl (C=O) groups excluding carboxylic acids is 3. The van der Waals surface area contributed by atoms with Crippen molar-refractivity contribution >= 4 is 51.9 Å². The average Bonchev–Trinajstić information content (AvgIpc) is 3.58. The summed E-state index contributed by atoms with van der Waals surface area (Å²) >= 11 is 1.50. The Morgan fingerprint density at radius 1 is 1.08 bits per heavy atom. The van der Waals surface area contributed by atoms with Gasteiger partial charge < -0.3 is 25.8 Å². The first-order valence-corrected chi connectivity index (χ1v) is 14.0. The fourth-order valence-electron chi connectivity index (χ4n) is 5.07. The van der Waals surface area contributed by atoms with Crippen LogP contribution in [0.5, 0.6) is 0 Å². The van der Waals surface area contributed by atoms with E-state index < -0.39 is 0 Å². The molecule has 1 aromatic carbocycles. The smallest absolute Gasteiger partial charge is 0.273 e. The predicted octanol–water partition coefficient (Wildman–Crippen LogP) is 4.67. The van der Waals surface area contributed by atoms with Crippen LogP contribution in [0, 0.1) is 5.92 Å². The Morgan fingerprint density at radius 3 is 2.58 bits per heavy atom.